The fourth-order valence-electron chi connectivity index (χ4n) is 2.24. The third-order valence-corrected chi connectivity index (χ3v) is 3.49. The Morgan fingerprint density at radius 1 is 1.08 bits per heavy atom. The monoisotopic (exact) mass is 333 g/mol. The number of aliphatic imine (C=N–C) groups is 1. The average Bonchev–Trinajstić information content (AvgIpc) is 2.58. The number of methoxy groups -OCH3 is 1. The Bertz CT molecular complexity index is 704. The van der Waals surface area contributed by atoms with Crippen molar-refractivity contribution in [2.75, 3.05) is 20.7 Å². The van der Waals surface area contributed by atoms with Crippen molar-refractivity contribution < 1.29 is 13.5 Å². The van der Waals surface area contributed by atoms with Crippen LogP contribution in [-0.2, 0) is 13.0 Å². The van der Waals surface area contributed by atoms with Crippen LogP contribution >= 0.6 is 0 Å². The third-order valence-electron chi connectivity index (χ3n) is 3.49. The van der Waals surface area contributed by atoms with E-state index in [1.807, 2.05) is 6.07 Å². The van der Waals surface area contributed by atoms with E-state index in [-0.39, 0.29) is 11.6 Å². The van der Waals surface area contributed by atoms with Gasteiger partial charge in [0.2, 0.25) is 0 Å². The van der Waals surface area contributed by atoms with Crippen LogP contribution < -0.4 is 15.4 Å². The summed E-state index contributed by atoms with van der Waals surface area (Å²) in [4.78, 5) is 4.11. The molecule has 2 rings (SSSR count). The molecule has 0 bridgehead atoms. The van der Waals surface area contributed by atoms with Crippen molar-refractivity contribution in [2.45, 2.75) is 13.0 Å². The predicted octanol–water partition coefficient (Wildman–Crippen LogP) is 2.88. The normalized spacial score (nSPS) is 11.2. The molecule has 0 atom stereocenters. The number of ether oxygens (including phenoxy) is 1. The van der Waals surface area contributed by atoms with Crippen molar-refractivity contribution in [1.29, 1.82) is 0 Å². The summed E-state index contributed by atoms with van der Waals surface area (Å²) >= 11 is 0. The lowest BCUT2D eigenvalue weighted by Gasteiger charge is -2.12. The summed E-state index contributed by atoms with van der Waals surface area (Å²) in [5.41, 5.74) is 1.69. The molecule has 0 heterocycles. The Hall–Kier alpha value is -2.63. The van der Waals surface area contributed by atoms with Crippen LogP contribution in [0.5, 0.6) is 5.75 Å². The largest absolute Gasteiger partial charge is 0.494 e. The molecule has 0 aliphatic carbocycles. The smallest absolute Gasteiger partial charge is 0.191 e. The molecule has 0 saturated heterocycles. The lowest BCUT2D eigenvalue weighted by atomic mass is 10.1. The highest BCUT2D eigenvalue weighted by molar-refractivity contribution is 5.79. The fourth-order valence-corrected chi connectivity index (χ4v) is 2.24. The van der Waals surface area contributed by atoms with Crippen LogP contribution in [0, 0.1) is 11.6 Å². The number of halogens is 2. The first kappa shape index (κ1) is 17.7. The molecule has 0 unspecified atom stereocenters. The van der Waals surface area contributed by atoms with Gasteiger partial charge >= 0.3 is 0 Å². The van der Waals surface area contributed by atoms with E-state index >= 15 is 0 Å². The minimum absolute atomic E-state index is 0.219. The number of hydrogen-bond acceptors (Lipinski definition) is 2. The first-order valence-electron chi connectivity index (χ1n) is 7.63. The SMILES string of the molecule is CN=C(NCCc1cccc(F)c1)NCc1ccc(OC)c(F)c1. The molecule has 2 aromatic rings. The van der Waals surface area contributed by atoms with Crippen LogP contribution in [-0.4, -0.2) is 26.7 Å². The lowest BCUT2D eigenvalue weighted by Crippen LogP contribution is -2.37. The quantitative estimate of drug-likeness (QED) is 0.631. The van der Waals surface area contributed by atoms with Crippen LogP contribution in [0.1, 0.15) is 11.1 Å². The van der Waals surface area contributed by atoms with E-state index in [0.717, 1.165) is 11.1 Å². The van der Waals surface area contributed by atoms with E-state index in [2.05, 4.69) is 15.6 Å². The molecule has 0 spiro atoms. The molecule has 0 amide bonds. The molecule has 0 radical (unpaired) electrons. The third kappa shape index (κ3) is 5.22. The molecule has 0 aliphatic rings. The number of hydrogen-bond donors (Lipinski definition) is 2. The average molecular weight is 333 g/mol. The second-order valence-corrected chi connectivity index (χ2v) is 5.20. The topological polar surface area (TPSA) is 45.7 Å². The van der Waals surface area contributed by atoms with E-state index in [1.165, 1.54) is 25.3 Å². The van der Waals surface area contributed by atoms with Gasteiger partial charge in [-0.1, -0.05) is 18.2 Å². The summed E-state index contributed by atoms with van der Waals surface area (Å²) in [5, 5.41) is 6.25. The van der Waals surface area contributed by atoms with Crippen molar-refractivity contribution in [3.63, 3.8) is 0 Å². The highest BCUT2D eigenvalue weighted by atomic mass is 19.1. The van der Waals surface area contributed by atoms with Gasteiger partial charge in [0.1, 0.15) is 5.82 Å². The zero-order chi connectivity index (χ0) is 17.4. The molecule has 6 heteroatoms. The summed E-state index contributed by atoms with van der Waals surface area (Å²) < 4.78 is 31.7. The van der Waals surface area contributed by atoms with Crippen LogP contribution in [0.4, 0.5) is 8.78 Å². The molecule has 2 aromatic carbocycles. The number of benzene rings is 2. The number of nitrogens with one attached hydrogen (secondary N) is 2. The molecular weight excluding hydrogens is 312 g/mol. The first-order valence-corrected chi connectivity index (χ1v) is 7.63. The Morgan fingerprint density at radius 2 is 1.92 bits per heavy atom. The van der Waals surface area contributed by atoms with Crippen molar-refractivity contribution in [3.8, 4) is 5.75 Å². The van der Waals surface area contributed by atoms with E-state index in [0.29, 0.717) is 25.5 Å². The van der Waals surface area contributed by atoms with Crippen molar-refractivity contribution in [3.05, 3.63) is 65.2 Å². The molecule has 128 valence electrons. The summed E-state index contributed by atoms with van der Waals surface area (Å²) in [6.45, 7) is 1.04. The van der Waals surface area contributed by atoms with Crippen molar-refractivity contribution >= 4 is 5.96 Å². The second-order valence-electron chi connectivity index (χ2n) is 5.20. The summed E-state index contributed by atoms with van der Waals surface area (Å²) in [7, 11) is 3.09. The highest BCUT2D eigenvalue weighted by Gasteiger charge is 2.04. The van der Waals surface area contributed by atoms with Crippen LogP contribution in [0.25, 0.3) is 0 Å². The maximum absolute atomic E-state index is 13.7. The van der Waals surface area contributed by atoms with E-state index in [4.69, 9.17) is 4.74 Å². The van der Waals surface area contributed by atoms with Gasteiger partial charge in [0.25, 0.3) is 0 Å². The van der Waals surface area contributed by atoms with Gasteiger partial charge in [-0.15, -0.1) is 0 Å². The van der Waals surface area contributed by atoms with Gasteiger partial charge < -0.3 is 15.4 Å². The highest BCUT2D eigenvalue weighted by Crippen LogP contribution is 2.17. The van der Waals surface area contributed by atoms with Crippen molar-refractivity contribution in [2.24, 2.45) is 4.99 Å². The Balaban J connectivity index is 1.81. The van der Waals surface area contributed by atoms with Crippen molar-refractivity contribution in [1.82, 2.24) is 10.6 Å². The summed E-state index contributed by atoms with van der Waals surface area (Å²) in [5.74, 6) is 0.182. The van der Waals surface area contributed by atoms with E-state index in [1.54, 1.807) is 25.2 Å². The zero-order valence-electron chi connectivity index (χ0n) is 13.8. The fraction of sp³-hybridized carbons (Fsp3) is 0.278. The standard InChI is InChI=1S/C18H21F2N3O/c1-21-18(22-9-8-13-4-3-5-15(19)10-13)23-12-14-6-7-17(24-2)16(20)11-14/h3-7,10-11H,8-9,12H2,1-2H3,(H2,21,22,23). The maximum Gasteiger partial charge on any atom is 0.191 e. The predicted molar refractivity (Wildman–Crippen MR) is 91.3 cm³/mol. The minimum Gasteiger partial charge on any atom is -0.494 e. The van der Waals surface area contributed by atoms with Crippen LogP contribution in [0.3, 0.4) is 0 Å². The number of nitrogens with zero attached hydrogens (tertiary/aromatic N) is 1. The van der Waals surface area contributed by atoms with Crippen LogP contribution in [0.2, 0.25) is 0 Å². The Morgan fingerprint density at radius 3 is 2.58 bits per heavy atom. The Labute approximate surface area is 140 Å². The molecular formula is C18H21F2N3O. The minimum atomic E-state index is -0.397. The molecule has 4 nitrogen and oxygen atoms in total. The van der Waals surface area contributed by atoms with Gasteiger partial charge in [-0.2, -0.15) is 0 Å². The number of rotatable bonds is 6. The van der Waals surface area contributed by atoms with E-state index < -0.39 is 5.82 Å². The van der Waals surface area contributed by atoms with Gasteiger partial charge in [-0.3, -0.25) is 4.99 Å². The van der Waals surface area contributed by atoms with E-state index in [9.17, 15) is 8.78 Å². The van der Waals surface area contributed by atoms with Gasteiger partial charge in [0.15, 0.2) is 17.5 Å². The van der Waals surface area contributed by atoms with Gasteiger partial charge in [-0.05, 0) is 41.8 Å². The molecule has 0 saturated carbocycles. The molecule has 0 aliphatic heterocycles. The number of guanidine groups is 1. The molecule has 2 N–H and O–H groups in total. The molecule has 24 heavy (non-hydrogen) atoms. The second kappa shape index (κ2) is 8.86. The van der Waals surface area contributed by atoms with Crippen LogP contribution in [0.15, 0.2) is 47.5 Å². The van der Waals surface area contributed by atoms with Gasteiger partial charge in [0.05, 0.1) is 7.11 Å². The summed E-state index contributed by atoms with van der Waals surface area (Å²) in [6.07, 6.45) is 0.676. The zero-order valence-corrected chi connectivity index (χ0v) is 13.8. The lowest BCUT2D eigenvalue weighted by molar-refractivity contribution is 0.386. The molecule has 0 fully saturated rings. The first-order chi connectivity index (χ1) is 11.6. The maximum atomic E-state index is 13.7. The Kier molecular flexibility index (Phi) is 6.54. The summed E-state index contributed by atoms with van der Waals surface area (Å²) in [6, 6.07) is 11.3. The van der Waals surface area contributed by atoms with Gasteiger partial charge in [-0.25, -0.2) is 8.78 Å². The van der Waals surface area contributed by atoms with Gasteiger partial charge in [0, 0.05) is 20.1 Å². The molecule has 0 aromatic heterocycles.